The minimum Gasteiger partial charge on any atom is -0.497 e. The SMILES string of the molecule is CCC[C@@]1(C(=O)O)CN(Cc2ccc(OC)cc2F)CC[C@H]1O. The van der Waals surface area contributed by atoms with Crippen LogP contribution in [-0.4, -0.2) is 47.4 Å². The highest BCUT2D eigenvalue weighted by molar-refractivity contribution is 5.76. The van der Waals surface area contributed by atoms with E-state index in [2.05, 4.69) is 0 Å². The third kappa shape index (κ3) is 3.64. The lowest BCUT2D eigenvalue weighted by atomic mass is 9.74. The Morgan fingerprint density at radius 3 is 2.83 bits per heavy atom. The van der Waals surface area contributed by atoms with Crippen molar-refractivity contribution < 1.29 is 24.1 Å². The summed E-state index contributed by atoms with van der Waals surface area (Å²) in [5, 5.41) is 19.8. The fraction of sp³-hybridized carbons (Fsp3) is 0.588. The molecule has 5 nitrogen and oxygen atoms in total. The van der Waals surface area contributed by atoms with Gasteiger partial charge in [0.25, 0.3) is 0 Å². The molecule has 0 bridgehead atoms. The van der Waals surface area contributed by atoms with Gasteiger partial charge in [-0.1, -0.05) is 19.4 Å². The first-order valence-corrected chi connectivity index (χ1v) is 7.89. The van der Waals surface area contributed by atoms with Crippen molar-refractivity contribution >= 4 is 5.97 Å². The first kappa shape index (κ1) is 17.7. The molecule has 0 unspecified atom stereocenters. The fourth-order valence-corrected chi connectivity index (χ4v) is 3.33. The van der Waals surface area contributed by atoms with E-state index in [1.807, 2.05) is 11.8 Å². The second-order valence-electron chi connectivity index (χ2n) is 6.18. The lowest BCUT2D eigenvalue weighted by Gasteiger charge is -2.43. The van der Waals surface area contributed by atoms with Crippen LogP contribution in [0.1, 0.15) is 31.7 Å². The highest BCUT2D eigenvalue weighted by atomic mass is 19.1. The summed E-state index contributed by atoms with van der Waals surface area (Å²) < 4.78 is 19.1. The van der Waals surface area contributed by atoms with E-state index >= 15 is 0 Å². The number of carbonyl (C=O) groups is 1. The summed E-state index contributed by atoms with van der Waals surface area (Å²) in [6.45, 7) is 3.00. The number of piperidine rings is 1. The fourth-order valence-electron chi connectivity index (χ4n) is 3.33. The number of aliphatic hydroxyl groups is 1. The number of nitrogens with zero attached hydrogens (tertiary/aromatic N) is 1. The van der Waals surface area contributed by atoms with Gasteiger partial charge in [-0.25, -0.2) is 4.39 Å². The highest BCUT2D eigenvalue weighted by Gasteiger charge is 2.48. The van der Waals surface area contributed by atoms with Crippen molar-refractivity contribution in [3.8, 4) is 5.75 Å². The van der Waals surface area contributed by atoms with Crippen molar-refractivity contribution in [3.05, 3.63) is 29.6 Å². The van der Waals surface area contributed by atoms with Crippen LogP contribution >= 0.6 is 0 Å². The summed E-state index contributed by atoms with van der Waals surface area (Å²) in [4.78, 5) is 13.7. The van der Waals surface area contributed by atoms with Gasteiger partial charge in [0, 0.05) is 31.3 Å². The Morgan fingerprint density at radius 2 is 2.26 bits per heavy atom. The average molecular weight is 325 g/mol. The van der Waals surface area contributed by atoms with Gasteiger partial charge in [-0.15, -0.1) is 0 Å². The number of hydrogen-bond acceptors (Lipinski definition) is 4. The van der Waals surface area contributed by atoms with Gasteiger partial charge in [0.1, 0.15) is 17.0 Å². The molecule has 2 atom stereocenters. The molecule has 0 saturated carbocycles. The molecule has 6 heteroatoms. The van der Waals surface area contributed by atoms with Crippen LogP contribution in [0.2, 0.25) is 0 Å². The van der Waals surface area contributed by atoms with Crippen LogP contribution in [0.25, 0.3) is 0 Å². The van der Waals surface area contributed by atoms with Gasteiger partial charge in [-0.2, -0.15) is 0 Å². The maximum Gasteiger partial charge on any atom is 0.313 e. The molecule has 2 N–H and O–H groups in total. The van der Waals surface area contributed by atoms with E-state index in [4.69, 9.17) is 4.74 Å². The van der Waals surface area contributed by atoms with Crippen LogP contribution < -0.4 is 4.74 Å². The summed E-state index contributed by atoms with van der Waals surface area (Å²) in [7, 11) is 1.48. The number of hydrogen-bond donors (Lipinski definition) is 2. The molecular weight excluding hydrogens is 301 g/mol. The molecule has 0 radical (unpaired) electrons. The molecule has 0 amide bonds. The van der Waals surface area contributed by atoms with Crippen molar-refractivity contribution in [1.29, 1.82) is 0 Å². The molecule has 0 spiro atoms. The molecule has 1 aliphatic heterocycles. The number of rotatable bonds is 6. The van der Waals surface area contributed by atoms with Crippen LogP contribution in [0.3, 0.4) is 0 Å². The van der Waals surface area contributed by atoms with Crippen molar-refractivity contribution in [2.24, 2.45) is 5.41 Å². The van der Waals surface area contributed by atoms with Gasteiger partial charge in [-0.3, -0.25) is 9.69 Å². The lowest BCUT2D eigenvalue weighted by molar-refractivity contribution is -0.164. The quantitative estimate of drug-likeness (QED) is 0.840. The van der Waals surface area contributed by atoms with Gasteiger partial charge in [0.05, 0.1) is 13.2 Å². The van der Waals surface area contributed by atoms with E-state index in [1.54, 1.807) is 12.1 Å². The maximum absolute atomic E-state index is 14.1. The summed E-state index contributed by atoms with van der Waals surface area (Å²) in [6, 6.07) is 4.67. The topological polar surface area (TPSA) is 70.0 Å². The molecule has 1 fully saturated rings. The van der Waals surface area contributed by atoms with Crippen molar-refractivity contribution in [2.75, 3.05) is 20.2 Å². The van der Waals surface area contributed by atoms with Crippen LogP contribution in [0, 0.1) is 11.2 Å². The first-order valence-electron chi connectivity index (χ1n) is 7.89. The highest BCUT2D eigenvalue weighted by Crippen LogP contribution is 2.36. The molecule has 1 heterocycles. The number of carboxylic acid groups (broad SMARTS) is 1. The second-order valence-corrected chi connectivity index (χ2v) is 6.18. The van der Waals surface area contributed by atoms with E-state index in [-0.39, 0.29) is 12.4 Å². The molecule has 1 saturated heterocycles. The van der Waals surface area contributed by atoms with Gasteiger partial charge in [0.15, 0.2) is 0 Å². The predicted molar refractivity (Wildman–Crippen MR) is 83.8 cm³/mol. The molecular formula is C17H24FNO4. The van der Waals surface area contributed by atoms with Crippen LogP contribution in [-0.2, 0) is 11.3 Å². The molecule has 1 aromatic carbocycles. The molecule has 0 aromatic heterocycles. The molecule has 128 valence electrons. The zero-order valence-corrected chi connectivity index (χ0v) is 13.6. The van der Waals surface area contributed by atoms with E-state index in [0.29, 0.717) is 43.7 Å². The maximum atomic E-state index is 14.1. The summed E-state index contributed by atoms with van der Waals surface area (Å²) in [5.41, 5.74) is -0.673. The Bertz CT molecular complexity index is 566. The van der Waals surface area contributed by atoms with Crippen LogP contribution in [0.4, 0.5) is 4.39 Å². The smallest absolute Gasteiger partial charge is 0.313 e. The minimum absolute atomic E-state index is 0.225. The lowest BCUT2D eigenvalue weighted by Crippen LogP contribution is -2.55. The largest absolute Gasteiger partial charge is 0.497 e. The standard InChI is InChI=1S/C17H24FNO4/c1-3-7-17(16(21)22)11-19(8-6-15(17)20)10-12-4-5-13(23-2)9-14(12)18/h4-5,9,15,20H,3,6-8,10-11H2,1-2H3,(H,21,22)/t15-,17-/m1/s1. The van der Waals surface area contributed by atoms with Crippen LogP contribution in [0.15, 0.2) is 18.2 Å². The number of aliphatic hydroxyl groups excluding tert-OH is 1. The van der Waals surface area contributed by atoms with Gasteiger partial charge < -0.3 is 14.9 Å². The number of carboxylic acids is 1. The Morgan fingerprint density at radius 1 is 1.52 bits per heavy atom. The molecule has 0 aliphatic carbocycles. The van der Waals surface area contributed by atoms with Crippen LogP contribution in [0.5, 0.6) is 5.75 Å². The molecule has 1 aliphatic rings. The number of ether oxygens (including phenoxy) is 1. The second kappa shape index (κ2) is 7.27. The average Bonchev–Trinajstić information content (AvgIpc) is 2.52. The molecule has 23 heavy (non-hydrogen) atoms. The summed E-state index contributed by atoms with van der Waals surface area (Å²) >= 11 is 0. The number of methoxy groups -OCH3 is 1. The van der Waals surface area contributed by atoms with E-state index in [9.17, 15) is 19.4 Å². The van der Waals surface area contributed by atoms with E-state index in [1.165, 1.54) is 13.2 Å². The Kier molecular flexibility index (Phi) is 5.59. The Hall–Kier alpha value is -1.66. The number of halogens is 1. The zero-order chi connectivity index (χ0) is 17.0. The monoisotopic (exact) mass is 325 g/mol. The first-order chi connectivity index (χ1) is 10.9. The van der Waals surface area contributed by atoms with Gasteiger partial charge in [0.2, 0.25) is 0 Å². The predicted octanol–water partition coefficient (Wildman–Crippen LogP) is 2.27. The van der Waals surface area contributed by atoms with Gasteiger partial charge in [-0.05, 0) is 18.9 Å². The summed E-state index contributed by atoms with van der Waals surface area (Å²) in [5.74, 6) is -0.898. The normalized spacial score (nSPS) is 25.3. The summed E-state index contributed by atoms with van der Waals surface area (Å²) in [6.07, 6.45) is 0.598. The molecule has 1 aromatic rings. The number of aliphatic carboxylic acids is 1. The Labute approximate surface area is 135 Å². The van der Waals surface area contributed by atoms with Crippen molar-refractivity contribution in [1.82, 2.24) is 4.90 Å². The number of benzene rings is 1. The zero-order valence-electron chi connectivity index (χ0n) is 13.6. The van der Waals surface area contributed by atoms with E-state index in [0.717, 1.165) is 0 Å². The van der Waals surface area contributed by atoms with E-state index < -0.39 is 17.5 Å². The van der Waals surface area contributed by atoms with Gasteiger partial charge >= 0.3 is 5.97 Å². The third-order valence-corrected chi connectivity index (χ3v) is 4.64. The third-order valence-electron chi connectivity index (χ3n) is 4.64. The van der Waals surface area contributed by atoms with Crippen molar-refractivity contribution in [2.45, 2.75) is 38.8 Å². The van der Waals surface area contributed by atoms with Crippen molar-refractivity contribution in [3.63, 3.8) is 0 Å². The minimum atomic E-state index is -1.17. The number of likely N-dealkylation sites (tertiary alicyclic amines) is 1. The molecule has 2 rings (SSSR count). The Balaban J connectivity index is 2.16.